The van der Waals surface area contributed by atoms with Crippen molar-refractivity contribution < 1.29 is 4.79 Å². The Morgan fingerprint density at radius 2 is 1.62 bits per heavy atom. The van der Waals surface area contributed by atoms with Gasteiger partial charge in [0, 0.05) is 49.3 Å². The van der Waals surface area contributed by atoms with Gasteiger partial charge in [-0.2, -0.15) is 0 Å². The van der Waals surface area contributed by atoms with Crippen LogP contribution in [0, 0.1) is 17.8 Å². The first-order valence-corrected chi connectivity index (χ1v) is 8.23. The largest absolute Gasteiger partial charge is 0.341 e. The van der Waals surface area contributed by atoms with Crippen LogP contribution in [0.5, 0.6) is 0 Å². The summed E-state index contributed by atoms with van der Waals surface area (Å²) >= 11 is 0. The van der Waals surface area contributed by atoms with Crippen molar-refractivity contribution in [2.24, 2.45) is 5.92 Å². The first kappa shape index (κ1) is 16.3. The van der Waals surface area contributed by atoms with E-state index in [2.05, 4.69) is 23.8 Å². The van der Waals surface area contributed by atoms with Crippen LogP contribution in [0.4, 0.5) is 0 Å². The van der Waals surface area contributed by atoms with Crippen molar-refractivity contribution in [1.82, 2.24) is 9.80 Å². The van der Waals surface area contributed by atoms with E-state index in [4.69, 9.17) is 0 Å². The SMILES string of the molecule is CN1CC(CN(C)C(=O)c2ccc(C#Cc3ccccc3)cc2)C1. The highest BCUT2D eigenvalue weighted by atomic mass is 16.2. The highest BCUT2D eigenvalue weighted by Gasteiger charge is 2.26. The molecule has 1 aliphatic heterocycles. The molecular formula is C21H22N2O. The molecule has 1 amide bonds. The lowest BCUT2D eigenvalue weighted by Gasteiger charge is -2.38. The number of amides is 1. The molecule has 0 aliphatic carbocycles. The molecule has 1 saturated heterocycles. The van der Waals surface area contributed by atoms with Gasteiger partial charge in [0.1, 0.15) is 0 Å². The lowest BCUT2D eigenvalue weighted by atomic mass is 10.0. The molecule has 3 rings (SSSR count). The number of rotatable bonds is 3. The van der Waals surface area contributed by atoms with Gasteiger partial charge >= 0.3 is 0 Å². The number of nitrogens with zero attached hydrogens (tertiary/aromatic N) is 2. The minimum Gasteiger partial charge on any atom is -0.341 e. The summed E-state index contributed by atoms with van der Waals surface area (Å²) in [6, 6.07) is 17.4. The quantitative estimate of drug-likeness (QED) is 0.813. The van der Waals surface area contributed by atoms with Crippen molar-refractivity contribution >= 4 is 5.91 Å². The minimum atomic E-state index is 0.0760. The average molecular weight is 318 g/mol. The van der Waals surface area contributed by atoms with E-state index in [1.54, 1.807) is 0 Å². The second-order valence-corrected chi connectivity index (χ2v) is 6.47. The number of hydrogen-bond acceptors (Lipinski definition) is 2. The molecule has 0 radical (unpaired) electrons. The van der Waals surface area contributed by atoms with Gasteiger partial charge < -0.3 is 9.80 Å². The van der Waals surface area contributed by atoms with Crippen LogP contribution >= 0.6 is 0 Å². The summed E-state index contributed by atoms with van der Waals surface area (Å²) in [5.74, 6) is 6.93. The Morgan fingerprint density at radius 3 is 2.21 bits per heavy atom. The van der Waals surface area contributed by atoms with Crippen LogP contribution in [-0.4, -0.2) is 49.4 Å². The molecular weight excluding hydrogens is 296 g/mol. The Morgan fingerprint density at radius 1 is 1.04 bits per heavy atom. The molecule has 0 unspecified atom stereocenters. The molecule has 0 atom stereocenters. The smallest absolute Gasteiger partial charge is 0.253 e. The van der Waals surface area contributed by atoms with E-state index in [1.165, 1.54) is 0 Å². The molecule has 1 heterocycles. The molecule has 122 valence electrons. The maximum Gasteiger partial charge on any atom is 0.253 e. The van der Waals surface area contributed by atoms with Crippen molar-refractivity contribution in [3.8, 4) is 11.8 Å². The van der Waals surface area contributed by atoms with E-state index in [0.29, 0.717) is 5.92 Å². The van der Waals surface area contributed by atoms with E-state index < -0.39 is 0 Å². The van der Waals surface area contributed by atoms with Crippen LogP contribution in [-0.2, 0) is 0 Å². The average Bonchev–Trinajstić information content (AvgIpc) is 2.59. The minimum absolute atomic E-state index is 0.0760. The van der Waals surface area contributed by atoms with Crippen LogP contribution < -0.4 is 0 Å². The summed E-state index contributed by atoms with van der Waals surface area (Å²) in [6.45, 7) is 2.97. The van der Waals surface area contributed by atoms with Crippen molar-refractivity contribution in [2.45, 2.75) is 0 Å². The van der Waals surface area contributed by atoms with Crippen LogP contribution in [0.25, 0.3) is 0 Å². The predicted octanol–water partition coefficient (Wildman–Crippen LogP) is 2.72. The van der Waals surface area contributed by atoms with Gasteiger partial charge in [0.05, 0.1) is 0 Å². The molecule has 2 aromatic carbocycles. The molecule has 1 fully saturated rings. The van der Waals surface area contributed by atoms with Gasteiger partial charge in [-0.3, -0.25) is 4.79 Å². The molecule has 0 N–H and O–H groups in total. The Hall–Kier alpha value is -2.57. The van der Waals surface area contributed by atoms with Crippen LogP contribution in [0.3, 0.4) is 0 Å². The van der Waals surface area contributed by atoms with Crippen molar-refractivity contribution in [1.29, 1.82) is 0 Å². The lowest BCUT2D eigenvalue weighted by molar-refractivity contribution is 0.0646. The number of carbonyl (C=O) groups excluding carboxylic acids is 1. The van der Waals surface area contributed by atoms with Crippen LogP contribution in [0.2, 0.25) is 0 Å². The fourth-order valence-corrected chi connectivity index (χ4v) is 3.00. The molecule has 0 saturated carbocycles. The lowest BCUT2D eigenvalue weighted by Crippen LogP contribution is -2.49. The Balaban J connectivity index is 1.61. The predicted molar refractivity (Wildman–Crippen MR) is 96.8 cm³/mol. The highest BCUT2D eigenvalue weighted by molar-refractivity contribution is 5.94. The van der Waals surface area contributed by atoms with Gasteiger partial charge in [-0.1, -0.05) is 30.0 Å². The molecule has 2 aromatic rings. The van der Waals surface area contributed by atoms with E-state index in [1.807, 2.05) is 66.5 Å². The topological polar surface area (TPSA) is 23.6 Å². The summed E-state index contributed by atoms with van der Waals surface area (Å²) in [5, 5.41) is 0. The Labute approximate surface area is 143 Å². The summed E-state index contributed by atoms with van der Waals surface area (Å²) in [5.41, 5.74) is 2.62. The van der Waals surface area contributed by atoms with E-state index in [-0.39, 0.29) is 5.91 Å². The molecule has 3 nitrogen and oxygen atoms in total. The summed E-state index contributed by atoms with van der Waals surface area (Å²) in [6.07, 6.45) is 0. The second-order valence-electron chi connectivity index (χ2n) is 6.47. The van der Waals surface area contributed by atoms with E-state index >= 15 is 0 Å². The van der Waals surface area contributed by atoms with Gasteiger partial charge in [-0.15, -0.1) is 0 Å². The van der Waals surface area contributed by atoms with Gasteiger partial charge in [-0.05, 0) is 43.4 Å². The monoisotopic (exact) mass is 318 g/mol. The first-order chi connectivity index (χ1) is 11.6. The zero-order valence-electron chi connectivity index (χ0n) is 14.2. The van der Waals surface area contributed by atoms with Crippen molar-refractivity contribution in [2.75, 3.05) is 33.7 Å². The Bertz CT molecular complexity index is 750. The number of hydrogen-bond donors (Lipinski definition) is 0. The standard InChI is InChI=1S/C21H22N2O/c1-22-14-19(15-22)16-23(2)21(24)20-12-10-18(11-13-20)9-8-17-6-4-3-5-7-17/h3-7,10-13,19H,14-16H2,1-2H3. The third kappa shape index (κ3) is 4.04. The molecule has 0 spiro atoms. The van der Waals surface area contributed by atoms with Crippen LogP contribution in [0.15, 0.2) is 54.6 Å². The zero-order valence-corrected chi connectivity index (χ0v) is 14.2. The molecule has 0 aromatic heterocycles. The van der Waals surface area contributed by atoms with E-state index in [0.717, 1.165) is 36.3 Å². The van der Waals surface area contributed by atoms with Crippen molar-refractivity contribution in [3.63, 3.8) is 0 Å². The summed E-state index contributed by atoms with van der Waals surface area (Å²) in [4.78, 5) is 16.6. The highest BCUT2D eigenvalue weighted by Crippen LogP contribution is 2.15. The maximum atomic E-state index is 12.5. The number of carbonyl (C=O) groups is 1. The zero-order chi connectivity index (χ0) is 16.9. The molecule has 24 heavy (non-hydrogen) atoms. The van der Waals surface area contributed by atoms with Gasteiger partial charge in [0.2, 0.25) is 0 Å². The van der Waals surface area contributed by atoms with Gasteiger partial charge in [-0.25, -0.2) is 0 Å². The third-order valence-electron chi connectivity index (χ3n) is 4.28. The van der Waals surface area contributed by atoms with E-state index in [9.17, 15) is 4.79 Å². The fraction of sp³-hybridized carbons (Fsp3) is 0.286. The number of benzene rings is 2. The molecule has 1 aliphatic rings. The molecule has 3 heteroatoms. The third-order valence-corrected chi connectivity index (χ3v) is 4.28. The second kappa shape index (κ2) is 7.33. The normalized spacial score (nSPS) is 14.4. The maximum absolute atomic E-state index is 12.5. The van der Waals surface area contributed by atoms with Gasteiger partial charge in [0.15, 0.2) is 0 Å². The summed E-state index contributed by atoms with van der Waals surface area (Å²) in [7, 11) is 3.98. The number of likely N-dealkylation sites (tertiary alicyclic amines) is 1. The van der Waals surface area contributed by atoms with Crippen molar-refractivity contribution in [3.05, 3.63) is 71.3 Å². The Kier molecular flexibility index (Phi) is 4.98. The van der Waals surface area contributed by atoms with Crippen LogP contribution in [0.1, 0.15) is 21.5 Å². The fourth-order valence-electron chi connectivity index (χ4n) is 3.00. The molecule has 0 bridgehead atoms. The van der Waals surface area contributed by atoms with Gasteiger partial charge in [0.25, 0.3) is 5.91 Å². The summed E-state index contributed by atoms with van der Waals surface area (Å²) < 4.78 is 0. The first-order valence-electron chi connectivity index (χ1n) is 8.23.